The van der Waals surface area contributed by atoms with Gasteiger partial charge in [0.2, 0.25) is 0 Å². The second kappa shape index (κ2) is 49.1. The number of hydrogen-bond acceptors (Lipinski definition) is 12. The van der Waals surface area contributed by atoms with E-state index in [1.54, 1.807) is 0 Å². The van der Waals surface area contributed by atoms with E-state index >= 15 is 0 Å². The van der Waals surface area contributed by atoms with E-state index in [1.807, 2.05) is 0 Å². The maximum absolute atomic E-state index is 9.55. The molecule has 0 aromatic rings. The van der Waals surface area contributed by atoms with Gasteiger partial charge < -0.3 is 84.9 Å². The van der Waals surface area contributed by atoms with Crippen LogP contribution in [0.5, 0.6) is 0 Å². The number of carboxylic acids is 8. The maximum atomic E-state index is 9.55. The quantitative estimate of drug-likeness (QED) is 0.0564. The van der Waals surface area contributed by atoms with Crippen LogP contribution in [0.2, 0.25) is 0 Å². The van der Waals surface area contributed by atoms with Crippen LogP contribution in [0.15, 0.2) is 48.6 Å². The van der Waals surface area contributed by atoms with Crippen molar-refractivity contribution in [2.24, 2.45) is 11.5 Å². The SMILES string of the molecule is NCCNCCNCCN.O.O.O.O.O=C(O)/C=C/C(=O)O.O=C(O)/C=C/C(=O)O.O=C(O)/C=C/C(=O)O.O=C(O)/C=C/C(=O)O. The molecule has 0 spiro atoms. The van der Waals surface area contributed by atoms with Crippen molar-refractivity contribution in [1.82, 2.24) is 10.6 Å². The summed E-state index contributed by atoms with van der Waals surface area (Å²) in [6.45, 7) is 5.14. The van der Waals surface area contributed by atoms with Gasteiger partial charge in [0.15, 0.2) is 0 Å². The van der Waals surface area contributed by atoms with Crippen molar-refractivity contribution >= 4 is 47.8 Å². The van der Waals surface area contributed by atoms with E-state index in [-0.39, 0.29) is 21.9 Å². The van der Waals surface area contributed by atoms with Gasteiger partial charge in [0.05, 0.1) is 0 Å². The number of hydrogen-bond donors (Lipinski definition) is 12. The first-order valence-corrected chi connectivity index (χ1v) is 10.8. The van der Waals surface area contributed by atoms with Crippen LogP contribution in [0.3, 0.4) is 0 Å². The highest BCUT2D eigenvalue weighted by Crippen LogP contribution is 1.72. The number of carboxylic acid groups (broad SMARTS) is 8. The van der Waals surface area contributed by atoms with Gasteiger partial charge in [-0.2, -0.15) is 0 Å². The Morgan fingerprint density at radius 1 is 0.348 bits per heavy atom. The fourth-order valence-electron chi connectivity index (χ4n) is 1.20. The summed E-state index contributed by atoms with van der Waals surface area (Å²) >= 11 is 0. The van der Waals surface area contributed by atoms with E-state index in [2.05, 4.69) is 10.6 Å². The fraction of sp³-hybridized carbons (Fsp3) is 0.273. The Morgan fingerprint density at radius 3 is 0.565 bits per heavy atom. The maximum Gasteiger partial charge on any atom is 0.328 e. The lowest BCUT2D eigenvalue weighted by Gasteiger charge is -2.03. The first kappa shape index (κ1) is 63.6. The highest BCUT2D eigenvalue weighted by Gasteiger charge is 1.90. The van der Waals surface area contributed by atoms with E-state index in [1.165, 1.54) is 0 Å². The monoisotopic (exact) mass is 682 g/mol. The predicted octanol–water partition coefficient (Wildman–Crippen LogP) is -6.37. The number of carbonyl (C=O) groups is 8. The van der Waals surface area contributed by atoms with Crippen LogP contribution >= 0.6 is 0 Å². The lowest BCUT2D eigenvalue weighted by molar-refractivity contribution is -0.134. The molecular formula is C22H42N4O20. The van der Waals surface area contributed by atoms with Gasteiger partial charge in [0, 0.05) is 87.9 Å². The topological polar surface area (TPSA) is 501 Å². The standard InChI is InChI=1S/C6H18N4.4C4H4O4.4H2O/c7-1-3-9-5-6-10-4-2-8;4*5-3(6)1-2-4(7)8;;;;/h9-10H,1-8H2;4*1-2H,(H,5,6)(H,7,8);4*1H2/b;4*2-1+;;;;. The van der Waals surface area contributed by atoms with Crippen molar-refractivity contribution in [2.75, 3.05) is 39.3 Å². The molecule has 24 heteroatoms. The third kappa shape index (κ3) is 117. The van der Waals surface area contributed by atoms with Gasteiger partial charge in [-0.15, -0.1) is 0 Å². The molecule has 270 valence electrons. The third-order valence-corrected chi connectivity index (χ3v) is 2.59. The average Bonchev–Trinajstić information content (AvgIpc) is 2.87. The molecule has 0 aromatic heterocycles. The van der Waals surface area contributed by atoms with E-state index < -0.39 is 47.8 Å². The third-order valence-electron chi connectivity index (χ3n) is 2.59. The summed E-state index contributed by atoms with van der Waals surface area (Å²) in [7, 11) is 0. The average molecular weight is 683 g/mol. The predicted molar refractivity (Wildman–Crippen MR) is 156 cm³/mol. The molecule has 0 radical (unpaired) electrons. The zero-order valence-corrected chi connectivity index (χ0v) is 23.9. The lowest BCUT2D eigenvalue weighted by atomic mass is 10.5. The summed E-state index contributed by atoms with van der Waals surface area (Å²) in [6, 6.07) is 0. The molecule has 22 N–H and O–H groups in total. The Kier molecular flexibility index (Phi) is 67.9. The molecule has 46 heavy (non-hydrogen) atoms. The van der Waals surface area contributed by atoms with Crippen LogP contribution in [-0.4, -0.2) is 150 Å². The zero-order valence-electron chi connectivity index (χ0n) is 23.9. The van der Waals surface area contributed by atoms with Crippen molar-refractivity contribution in [3.8, 4) is 0 Å². The Balaban J connectivity index is -0.0000000522. The van der Waals surface area contributed by atoms with Gasteiger partial charge in [0.1, 0.15) is 0 Å². The summed E-state index contributed by atoms with van der Waals surface area (Å²) in [5.74, 6) is -10.1. The normalized spacial score (nSPS) is 8.83. The second-order valence-corrected chi connectivity index (χ2v) is 6.12. The minimum Gasteiger partial charge on any atom is -0.478 e. The fourth-order valence-corrected chi connectivity index (χ4v) is 1.20. The van der Waals surface area contributed by atoms with Crippen LogP contribution in [0.25, 0.3) is 0 Å². The van der Waals surface area contributed by atoms with Crippen molar-refractivity contribution in [2.45, 2.75) is 0 Å². The molecule has 0 saturated heterocycles. The van der Waals surface area contributed by atoms with Gasteiger partial charge in [0.25, 0.3) is 0 Å². The molecule has 0 aromatic carbocycles. The van der Waals surface area contributed by atoms with Crippen LogP contribution in [0.4, 0.5) is 0 Å². The number of rotatable bonds is 15. The molecule has 0 bridgehead atoms. The summed E-state index contributed by atoms with van der Waals surface area (Å²) in [5.41, 5.74) is 10.5. The molecule has 0 fully saturated rings. The molecule has 0 aliphatic heterocycles. The molecular weight excluding hydrogens is 640 g/mol. The molecule has 0 rings (SSSR count). The smallest absolute Gasteiger partial charge is 0.328 e. The van der Waals surface area contributed by atoms with Crippen LogP contribution < -0.4 is 22.1 Å². The van der Waals surface area contributed by atoms with Crippen molar-refractivity contribution in [1.29, 1.82) is 0 Å². The Labute approximate surface area is 259 Å². The van der Waals surface area contributed by atoms with Crippen LogP contribution in [-0.2, 0) is 38.4 Å². The molecule has 0 heterocycles. The molecule has 0 amide bonds. The van der Waals surface area contributed by atoms with E-state index in [4.69, 9.17) is 52.3 Å². The van der Waals surface area contributed by atoms with Crippen molar-refractivity contribution < 1.29 is 101 Å². The Hall–Kier alpha value is -5.60. The molecule has 0 unspecified atom stereocenters. The van der Waals surface area contributed by atoms with Gasteiger partial charge in [-0.05, 0) is 0 Å². The van der Waals surface area contributed by atoms with Gasteiger partial charge in [-0.1, -0.05) is 0 Å². The minimum atomic E-state index is -1.26. The first-order chi connectivity index (χ1) is 19.4. The first-order valence-electron chi connectivity index (χ1n) is 10.8. The lowest BCUT2D eigenvalue weighted by Crippen LogP contribution is -2.32. The highest BCUT2D eigenvalue weighted by molar-refractivity contribution is 5.91. The van der Waals surface area contributed by atoms with Crippen LogP contribution in [0, 0.1) is 0 Å². The molecule has 0 atom stereocenters. The van der Waals surface area contributed by atoms with Crippen molar-refractivity contribution in [3.05, 3.63) is 48.6 Å². The molecule has 24 nitrogen and oxygen atoms in total. The van der Waals surface area contributed by atoms with Gasteiger partial charge in [-0.3, -0.25) is 0 Å². The van der Waals surface area contributed by atoms with E-state index in [9.17, 15) is 38.4 Å². The summed E-state index contributed by atoms with van der Waals surface area (Å²) < 4.78 is 0. The zero-order chi connectivity index (χ0) is 33.9. The Morgan fingerprint density at radius 2 is 0.478 bits per heavy atom. The summed E-state index contributed by atoms with van der Waals surface area (Å²) in [6.07, 6.45) is 4.46. The molecule has 0 aliphatic carbocycles. The van der Waals surface area contributed by atoms with E-state index in [0.717, 1.165) is 26.2 Å². The van der Waals surface area contributed by atoms with Gasteiger partial charge in [-0.25, -0.2) is 38.4 Å². The van der Waals surface area contributed by atoms with Gasteiger partial charge >= 0.3 is 47.8 Å². The molecule has 0 saturated carbocycles. The number of aliphatic carboxylic acids is 8. The number of nitrogens with two attached hydrogens (primary N) is 2. The summed E-state index contributed by atoms with van der Waals surface area (Å²) in [4.78, 5) is 76.4. The Bertz CT molecular complexity index is 755. The summed E-state index contributed by atoms with van der Waals surface area (Å²) in [5, 5.41) is 68.8. The second-order valence-electron chi connectivity index (χ2n) is 6.12. The largest absolute Gasteiger partial charge is 0.478 e. The molecule has 0 aliphatic rings. The minimum absolute atomic E-state index is 0. The number of nitrogens with one attached hydrogen (secondary N) is 2. The highest BCUT2D eigenvalue weighted by atomic mass is 16.4. The van der Waals surface area contributed by atoms with Crippen molar-refractivity contribution in [3.63, 3.8) is 0 Å². The van der Waals surface area contributed by atoms with E-state index in [0.29, 0.717) is 61.7 Å². The van der Waals surface area contributed by atoms with Crippen LogP contribution in [0.1, 0.15) is 0 Å².